The van der Waals surface area contributed by atoms with Gasteiger partial charge >= 0.3 is 0 Å². The lowest BCUT2D eigenvalue weighted by Gasteiger charge is -2.25. The maximum absolute atomic E-state index is 12.6. The number of amides is 2. The molecule has 2 N–H and O–H groups in total. The molecule has 0 aromatic heterocycles. The predicted octanol–water partition coefficient (Wildman–Crippen LogP) is 3.26. The summed E-state index contributed by atoms with van der Waals surface area (Å²) in [5.74, 6) is 0.468. The molecule has 1 atom stereocenters. The molecule has 0 aliphatic heterocycles. The summed E-state index contributed by atoms with van der Waals surface area (Å²) in [6, 6.07) is 14.5. The van der Waals surface area contributed by atoms with Gasteiger partial charge in [-0.2, -0.15) is 0 Å². The maximum atomic E-state index is 12.6. The number of rotatable bonds is 7. The van der Waals surface area contributed by atoms with Crippen LogP contribution in [-0.2, 0) is 0 Å². The Balaban J connectivity index is 2.01. The van der Waals surface area contributed by atoms with Crippen molar-refractivity contribution in [1.29, 1.82) is 0 Å². The second kappa shape index (κ2) is 9.56. The van der Waals surface area contributed by atoms with Crippen molar-refractivity contribution in [2.45, 2.75) is 32.4 Å². The van der Waals surface area contributed by atoms with Crippen LogP contribution in [0.15, 0.2) is 48.5 Å². The van der Waals surface area contributed by atoms with E-state index in [9.17, 15) is 9.59 Å². The van der Waals surface area contributed by atoms with E-state index in [2.05, 4.69) is 15.5 Å². The van der Waals surface area contributed by atoms with Crippen molar-refractivity contribution in [3.05, 3.63) is 65.2 Å². The first-order valence-electron chi connectivity index (χ1n) is 9.62. The van der Waals surface area contributed by atoms with E-state index in [4.69, 9.17) is 4.74 Å². The number of nitrogens with zero attached hydrogens (tertiary/aromatic N) is 1. The van der Waals surface area contributed by atoms with E-state index in [0.717, 1.165) is 11.3 Å². The first-order valence-corrected chi connectivity index (χ1v) is 9.62. The molecule has 0 saturated carbocycles. The summed E-state index contributed by atoms with van der Waals surface area (Å²) in [4.78, 5) is 26.8. The highest BCUT2D eigenvalue weighted by Crippen LogP contribution is 2.21. The van der Waals surface area contributed by atoms with Crippen molar-refractivity contribution in [3.8, 4) is 5.75 Å². The molecule has 0 aliphatic rings. The van der Waals surface area contributed by atoms with Gasteiger partial charge in [-0.1, -0.05) is 12.1 Å². The zero-order valence-corrected chi connectivity index (χ0v) is 18.1. The molecule has 156 valence electrons. The second-order valence-electron chi connectivity index (χ2n) is 8.24. The van der Waals surface area contributed by atoms with Crippen LogP contribution in [0.4, 0.5) is 0 Å². The lowest BCUT2D eigenvalue weighted by molar-refractivity contribution is 0.0914. The fourth-order valence-electron chi connectivity index (χ4n) is 2.90. The van der Waals surface area contributed by atoms with Gasteiger partial charge in [0, 0.05) is 23.2 Å². The van der Waals surface area contributed by atoms with E-state index in [1.807, 2.05) is 59.1 Å². The van der Waals surface area contributed by atoms with E-state index in [0.29, 0.717) is 17.7 Å². The number of ether oxygens (including phenoxy) is 1. The van der Waals surface area contributed by atoms with E-state index in [-0.39, 0.29) is 23.4 Å². The number of benzene rings is 2. The van der Waals surface area contributed by atoms with Gasteiger partial charge in [0.2, 0.25) is 0 Å². The standard InChI is InChI=1S/C23H31N3O3/c1-23(2,3)25-22(28)18-9-7-17(8-10-18)21(27)24-15-20(26(4)5)16-11-13-19(29-6)14-12-16/h7-14,20H,15H2,1-6H3,(H,24,27)(H,25,28). The number of nitrogens with one attached hydrogen (secondary N) is 2. The van der Waals surface area contributed by atoms with Crippen molar-refractivity contribution < 1.29 is 14.3 Å². The Morgan fingerprint density at radius 3 is 1.90 bits per heavy atom. The van der Waals surface area contributed by atoms with Crippen LogP contribution < -0.4 is 15.4 Å². The molecule has 0 spiro atoms. The third kappa shape index (κ3) is 6.61. The molecule has 0 radical (unpaired) electrons. The minimum Gasteiger partial charge on any atom is -0.497 e. The van der Waals surface area contributed by atoms with Gasteiger partial charge in [0.15, 0.2) is 0 Å². The predicted molar refractivity (Wildman–Crippen MR) is 115 cm³/mol. The SMILES string of the molecule is COc1ccc(C(CNC(=O)c2ccc(C(=O)NC(C)(C)C)cc2)N(C)C)cc1. The van der Waals surface area contributed by atoms with Crippen LogP contribution in [0.3, 0.4) is 0 Å². The smallest absolute Gasteiger partial charge is 0.251 e. The molecule has 0 heterocycles. The van der Waals surface area contributed by atoms with Crippen molar-refractivity contribution in [2.75, 3.05) is 27.7 Å². The average Bonchev–Trinajstić information content (AvgIpc) is 2.67. The Labute approximate surface area is 173 Å². The lowest BCUT2D eigenvalue weighted by atomic mass is 10.0. The van der Waals surface area contributed by atoms with Gasteiger partial charge in [0.05, 0.1) is 13.2 Å². The van der Waals surface area contributed by atoms with E-state index < -0.39 is 0 Å². The number of carbonyl (C=O) groups excluding carboxylic acids is 2. The molecule has 0 bridgehead atoms. The number of hydrogen-bond acceptors (Lipinski definition) is 4. The van der Waals surface area contributed by atoms with E-state index in [1.165, 1.54) is 0 Å². The van der Waals surface area contributed by atoms with Gasteiger partial charge in [-0.15, -0.1) is 0 Å². The van der Waals surface area contributed by atoms with Crippen LogP contribution >= 0.6 is 0 Å². The monoisotopic (exact) mass is 397 g/mol. The Hall–Kier alpha value is -2.86. The molecule has 0 saturated heterocycles. The number of hydrogen-bond donors (Lipinski definition) is 2. The van der Waals surface area contributed by atoms with E-state index >= 15 is 0 Å². The van der Waals surface area contributed by atoms with Crippen molar-refractivity contribution in [3.63, 3.8) is 0 Å². The highest BCUT2D eigenvalue weighted by molar-refractivity contribution is 5.98. The second-order valence-corrected chi connectivity index (χ2v) is 8.24. The molecule has 6 nitrogen and oxygen atoms in total. The minimum atomic E-state index is -0.310. The summed E-state index contributed by atoms with van der Waals surface area (Å²) in [6.45, 7) is 6.24. The lowest BCUT2D eigenvalue weighted by Crippen LogP contribution is -2.40. The summed E-state index contributed by atoms with van der Waals surface area (Å²) < 4.78 is 5.21. The maximum Gasteiger partial charge on any atom is 0.251 e. The third-order valence-corrected chi connectivity index (χ3v) is 4.48. The molecular weight excluding hydrogens is 366 g/mol. The molecule has 0 aliphatic carbocycles. The zero-order valence-electron chi connectivity index (χ0n) is 18.1. The first-order chi connectivity index (χ1) is 13.6. The summed E-state index contributed by atoms with van der Waals surface area (Å²) in [6.07, 6.45) is 0. The summed E-state index contributed by atoms with van der Waals surface area (Å²) >= 11 is 0. The van der Waals surface area contributed by atoms with Crippen LogP contribution in [-0.4, -0.2) is 50.0 Å². The highest BCUT2D eigenvalue weighted by Gasteiger charge is 2.18. The van der Waals surface area contributed by atoms with Gasteiger partial charge < -0.3 is 20.3 Å². The van der Waals surface area contributed by atoms with E-state index in [1.54, 1.807) is 31.4 Å². The summed E-state index contributed by atoms with van der Waals surface area (Å²) in [5, 5.41) is 5.89. The molecule has 2 aromatic carbocycles. The number of methoxy groups -OCH3 is 1. The molecule has 29 heavy (non-hydrogen) atoms. The molecule has 2 amide bonds. The molecule has 1 unspecified atom stereocenters. The van der Waals surface area contributed by atoms with Gasteiger partial charge in [0.1, 0.15) is 5.75 Å². The molecule has 0 fully saturated rings. The molecule has 2 rings (SSSR count). The van der Waals surface area contributed by atoms with Crippen LogP contribution in [0.1, 0.15) is 53.1 Å². The Bertz CT molecular complexity index is 822. The average molecular weight is 398 g/mol. The molecule has 2 aromatic rings. The summed E-state index contributed by atoms with van der Waals surface area (Å²) in [7, 11) is 5.59. The van der Waals surface area contributed by atoms with Gasteiger partial charge in [-0.25, -0.2) is 0 Å². The highest BCUT2D eigenvalue weighted by atomic mass is 16.5. The quantitative estimate of drug-likeness (QED) is 0.752. The van der Waals surface area contributed by atoms with Crippen molar-refractivity contribution in [2.24, 2.45) is 0 Å². The van der Waals surface area contributed by atoms with Crippen LogP contribution in [0, 0.1) is 0 Å². The van der Waals surface area contributed by atoms with Gasteiger partial charge in [-0.3, -0.25) is 9.59 Å². The van der Waals surface area contributed by atoms with Gasteiger partial charge in [0.25, 0.3) is 11.8 Å². The fraction of sp³-hybridized carbons (Fsp3) is 0.391. The Morgan fingerprint density at radius 1 is 0.931 bits per heavy atom. The normalized spacial score (nSPS) is 12.4. The Morgan fingerprint density at radius 2 is 1.45 bits per heavy atom. The van der Waals surface area contributed by atoms with Crippen LogP contribution in [0.2, 0.25) is 0 Å². The molecular formula is C23H31N3O3. The summed E-state index contributed by atoms with van der Waals surface area (Å²) in [5.41, 5.74) is 1.83. The fourth-order valence-corrected chi connectivity index (χ4v) is 2.90. The first kappa shape index (κ1) is 22.4. The molecule has 6 heteroatoms. The van der Waals surface area contributed by atoms with Crippen LogP contribution in [0.5, 0.6) is 5.75 Å². The number of carbonyl (C=O) groups is 2. The van der Waals surface area contributed by atoms with Crippen molar-refractivity contribution in [1.82, 2.24) is 15.5 Å². The minimum absolute atomic E-state index is 0.0293. The number of likely N-dealkylation sites (N-methyl/N-ethyl adjacent to an activating group) is 1. The zero-order chi connectivity index (χ0) is 21.6. The largest absolute Gasteiger partial charge is 0.497 e. The third-order valence-electron chi connectivity index (χ3n) is 4.48. The topological polar surface area (TPSA) is 70.7 Å². The van der Waals surface area contributed by atoms with Crippen LogP contribution in [0.25, 0.3) is 0 Å². The van der Waals surface area contributed by atoms with Crippen molar-refractivity contribution >= 4 is 11.8 Å². The Kier molecular flexibility index (Phi) is 7.40. The van der Waals surface area contributed by atoms with Gasteiger partial charge in [-0.05, 0) is 76.8 Å².